The van der Waals surface area contributed by atoms with Crippen molar-refractivity contribution in [3.8, 4) is 0 Å². The molecule has 0 spiro atoms. The Morgan fingerprint density at radius 3 is 2.67 bits per heavy atom. The van der Waals surface area contributed by atoms with E-state index in [0.29, 0.717) is 13.1 Å². The molecule has 0 aliphatic carbocycles. The van der Waals surface area contributed by atoms with E-state index in [1.165, 1.54) is 9.46 Å². The molecule has 21 heavy (non-hydrogen) atoms. The van der Waals surface area contributed by atoms with Crippen LogP contribution in [0, 0.1) is 0 Å². The molecule has 7 heteroatoms. The highest BCUT2D eigenvalue weighted by Crippen LogP contribution is 2.17. The van der Waals surface area contributed by atoms with Crippen LogP contribution in [0.4, 0.5) is 11.5 Å². The van der Waals surface area contributed by atoms with Gasteiger partial charge in [0.05, 0.1) is 0 Å². The molecule has 6 nitrogen and oxygen atoms in total. The SMILES string of the molecule is CCn1c(N)c(NCCSc2ccccc2)c(=O)[nH]c1=O. The van der Waals surface area contributed by atoms with Gasteiger partial charge in [-0.3, -0.25) is 14.3 Å². The van der Waals surface area contributed by atoms with Gasteiger partial charge in [0, 0.05) is 23.7 Å². The number of thioether (sulfide) groups is 1. The molecule has 0 radical (unpaired) electrons. The lowest BCUT2D eigenvalue weighted by molar-refractivity contribution is 0.706. The second-order valence-electron chi connectivity index (χ2n) is 4.35. The molecule has 2 rings (SSSR count). The summed E-state index contributed by atoms with van der Waals surface area (Å²) in [6.45, 7) is 2.79. The van der Waals surface area contributed by atoms with Crippen molar-refractivity contribution in [3.05, 3.63) is 51.2 Å². The Labute approximate surface area is 126 Å². The predicted octanol–water partition coefficient (Wildman–Crippen LogP) is 1.34. The number of hydrogen-bond donors (Lipinski definition) is 3. The summed E-state index contributed by atoms with van der Waals surface area (Å²) >= 11 is 1.68. The molecule has 1 aromatic carbocycles. The summed E-state index contributed by atoms with van der Waals surface area (Å²) in [4.78, 5) is 26.8. The Hall–Kier alpha value is -2.15. The molecule has 0 saturated heterocycles. The summed E-state index contributed by atoms with van der Waals surface area (Å²) < 4.78 is 1.33. The number of nitrogens with zero attached hydrogens (tertiary/aromatic N) is 1. The van der Waals surface area contributed by atoms with Crippen LogP contribution in [0.5, 0.6) is 0 Å². The fourth-order valence-corrected chi connectivity index (χ4v) is 2.72. The second-order valence-corrected chi connectivity index (χ2v) is 5.52. The minimum Gasteiger partial charge on any atom is -0.383 e. The van der Waals surface area contributed by atoms with E-state index in [9.17, 15) is 9.59 Å². The third-order valence-corrected chi connectivity index (χ3v) is 3.99. The van der Waals surface area contributed by atoms with Crippen LogP contribution in [0.1, 0.15) is 6.92 Å². The van der Waals surface area contributed by atoms with Crippen LogP contribution in [0.3, 0.4) is 0 Å². The van der Waals surface area contributed by atoms with Gasteiger partial charge >= 0.3 is 5.69 Å². The standard InChI is InChI=1S/C14H18N4O2S/c1-2-18-12(15)11(13(19)17-14(18)20)16-8-9-21-10-6-4-3-5-7-10/h3-7,16H,2,8-9,15H2,1H3,(H,17,19,20). The van der Waals surface area contributed by atoms with Crippen molar-refractivity contribution in [2.75, 3.05) is 23.3 Å². The van der Waals surface area contributed by atoms with E-state index in [4.69, 9.17) is 5.73 Å². The van der Waals surface area contributed by atoms with Crippen LogP contribution in [0.2, 0.25) is 0 Å². The zero-order valence-electron chi connectivity index (χ0n) is 11.8. The lowest BCUT2D eigenvalue weighted by atomic mass is 10.4. The maximum Gasteiger partial charge on any atom is 0.330 e. The number of H-pyrrole nitrogens is 1. The number of rotatable bonds is 6. The number of nitrogens with two attached hydrogens (primary N) is 1. The largest absolute Gasteiger partial charge is 0.383 e. The number of benzene rings is 1. The minimum absolute atomic E-state index is 0.177. The molecule has 0 aliphatic rings. The molecule has 0 unspecified atom stereocenters. The fourth-order valence-electron chi connectivity index (χ4n) is 1.93. The van der Waals surface area contributed by atoms with E-state index in [1.807, 2.05) is 30.3 Å². The number of anilines is 2. The summed E-state index contributed by atoms with van der Waals surface area (Å²) in [5.74, 6) is 0.963. The van der Waals surface area contributed by atoms with Crippen LogP contribution < -0.4 is 22.3 Å². The average Bonchev–Trinajstić information content (AvgIpc) is 2.47. The molecule has 112 valence electrons. The fraction of sp³-hybridized carbons (Fsp3) is 0.286. The summed E-state index contributed by atoms with van der Waals surface area (Å²) in [5.41, 5.74) is 5.16. The van der Waals surface area contributed by atoms with Gasteiger partial charge in [-0.15, -0.1) is 11.8 Å². The number of nitrogen functional groups attached to an aromatic ring is 1. The molecule has 0 bridgehead atoms. The van der Waals surface area contributed by atoms with Crippen LogP contribution in [0.25, 0.3) is 0 Å². The van der Waals surface area contributed by atoms with Crippen LogP contribution >= 0.6 is 11.8 Å². The van der Waals surface area contributed by atoms with Gasteiger partial charge in [-0.2, -0.15) is 0 Å². The maximum atomic E-state index is 11.8. The third kappa shape index (κ3) is 3.69. The molecular weight excluding hydrogens is 288 g/mol. The smallest absolute Gasteiger partial charge is 0.330 e. The first-order valence-electron chi connectivity index (χ1n) is 6.67. The normalized spacial score (nSPS) is 10.5. The van der Waals surface area contributed by atoms with E-state index < -0.39 is 11.2 Å². The van der Waals surface area contributed by atoms with E-state index in [2.05, 4.69) is 10.3 Å². The Morgan fingerprint density at radius 1 is 1.29 bits per heavy atom. The van der Waals surface area contributed by atoms with Gasteiger partial charge in [0.25, 0.3) is 5.56 Å². The van der Waals surface area contributed by atoms with E-state index in [-0.39, 0.29) is 11.5 Å². The highest BCUT2D eigenvalue weighted by molar-refractivity contribution is 7.99. The van der Waals surface area contributed by atoms with E-state index in [1.54, 1.807) is 18.7 Å². The first-order valence-corrected chi connectivity index (χ1v) is 7.66. The van der Waals surface area contributed by atoms with Crippen LogP contribution in [0.15, 0.2) is 44.8 Å². The topological polar surface area (TPSA) is 92.9 Å². The second kappa shape index (κ2) is 7.03. The van der Waals surface area contributed by atoms with E-state index >= 15 is 0 Å². The quantitative estimate of drug-likeness (QED) is 0.553. The highest BCUT2D eigenvalue weighted by atomic mass is 32.2. The number of nitrogens with one attached hydrogen (secondary N) is 2. The van der Waals surface area contributed by atoms with Gasteiger partial charge in [-0.1, -0.05) is 18.2 Å². The molecule has 1 heterocycles. The molecule has 1 aromatic heterocycles. The lowest BCUT2D eigenvalue weighted by Crippen LogP contribution is -2.34. The number of hydrogen-bond acceptors (Lipinski definition) is 5. The first kappa shape index (κ1) is 15.2. The zero-order chi connectivity index (χ0) is 15.2. The van der Waals surface area contributed by atoms with Crippen molar-refractivity contribution in [1.82, 2.24) is 9.55 Å². The van der Waals surface area contributed by atoms with Crippen molar-refractivity contribution in [2.24, 2.45) is 0 Å². The van der Waals surface area contributed by atoms with Crippen LogP contribution in [-0.2, 0) is 6.54 Å². The molecule has 0 aliphatic heterocycles. The monoisotopic (exact) mass is 306 g/mol. The van der Waals surface area contributed by atoms with Gasteiger partial charge in [0.2, 0.25) is 0 Å². The number of aromatic nitrogens is 2. The van der Waals surface area contributed by atoms with Gasteiger partial charge in [0.15, 0.2) is 0 Å². The molecule has 0 saturated carbocycles. The van der Waals surface area contributed by atoms with Crippen molar-refractivity contribution < 1.29 is 0 Å². The molecule has 2 aromatic rings. The van der Waals surface area contributed by atoms with Gasteiger partial charge in [0.1, 0.15) is 11.5 Å². The maximum absolute atomic E-state index is 11.8. The minimum atomic E-state index is -0.482. The van der Waals surface area contributed by atoms with Crippen molar-refractivity contribution >= 4 is 23.3 Å². The van der Waals surface area contributed by atoms with Gasteiger partial charge in [-0.05, 0) is 19.1 Å². The van der Waals surface area contributed by atoms with Crippen molar-refractivity contribution in [1.29, 1.82) is 0 Å². The van der Waals surface area contributed by atoms with E-state index in [0.717, 1.165) is 5.75 Å². The summed E-state index contributed by atoms with van der Waals surface area (Å²) in [7, 11) is 0. The zero-order valence-corrected chi connectivity index (χ0v) is 12.6. The van der Waals surface area contributed by atoms with Crippen LogP contribution in [-0.4, -0.2) is 21.8 Å². The molecular formula is C14H18N4O2S. The number of aromatic amines is 1. The Bertz CT molecular complexity index is 709. The summed E-state index contributed by atoms with van der Waals surface area (Å²) in [6.07, 6.45) is 0. The highest BCUT2D eigenvalue weighted by Gasteiger charge is 2.10. The molecule has 0 atom stereocenters. The first-order chi connectivity index (χ1) is 10.1. The Balaban J connectivity index is 2.01. The van der Waals surface area contributed by atoms with Crippen molar-refractivity contribution in [2.45, 2.75) is 18.4 Å². The Kier molecular flexibility index (Phi) is 5.10. The summed E-state index contributed by atoms with van der Waals surface area (Å²) in [6, 6.07) is 9.99. The van der Waals surface area contributed by atoms with Crippen molar-refractivity contribution in [3.63, 3.8) is 0 Å². The summed E-state index contributed by atoms with van der Waals surface area (Å²) in [5, 5.41) is 3.00. The van der Waals surface area contributed by atoms with Gasteiger partial charge < -0.3 is 11.1 Å². The third-order valence-electron chi connectivity index (χ3n) is 2.97. The molecule has 0 fully saturated rings. The van der Waals surface area contributed by atoms with Gasteiger partial charge in [-0.25, -0.2) is 4.79 Å². The Morgan fingerprint density at radius 2 is 2.00 bits per heavy atom. The average molecular weight is 306 g/mol. The lowest BCUT2D eigenvalue weighted by Gasteiger charge is -2.12. The molecule has 0 amide bonds. The molecule has 4 N–H and O–H groups in total. The predicted molar refractivity (Wildman–Crippen MR) is 87.1 cm³/mol.